The Balaban J connectivity index is 2.51. The fourth-order valence-corrected chi connectivity index (χ4v) is 1.53. The zero-order chi connectivity index (χ0) is 12.7. The summed E-state index contributed by atoms with van der Waals surface area (Å²) in [6.07, 6.45) is 1.01. The van der Waals surface area contributed by atoms with Crippen LogP contribution < -0.4 is 0 Å². The summed E-state index contributed by atoms with van der Waals surface area (Å²) in [5.41, 5.74) is 1.98. The van der Waals surface area contributed by atoms with Gasteiger partial charge in [-0.25, -0.2) is 0 Å². The number of aryl methyl sites for hydroxylation is 1. The van der Waals surface area contributed by atoms with Crippen molar-refractivity contribution in [2.75, 3.05) is 6.61 Å². The number of benzene rings is 1. The van der Waals surface area contributed by atoms with E-state index >= 15 is 0 Å². The normalized spacial score (nSPS) is 12.2. The summed E-state index contributed by atoms with van der Waals surface area (Å²) in [5.74, 6) is -0.348. The quantitative estimate of drug-likeness (QED) is 0.772. The smallest absolute Gasteiger partial charge is 0.308 e. The highest BCUT2D eigenvalue weighted by molar-refractivity contribution is 5.70. The molecular formula is C14H20O3. The lowest BCUT2D eigenvalue weighted by atomic mass is 10.0. The third-order valence-electron chi connectivity index (χ3n) is 2.60. The molecule has 1 N–H and O–H groups in total. The second kappa shape index (κ2) is 7.07. The van der Waals surface area contributed by atoms with Crippen molar-refractivity contribution in [2.45, 2.75) is 39.2 Å². The molecular weight excluding hydrogens is 216 g/mol. The molecule has 3 nitrogen and oxygen atoms in total. The van der Waals surface area contributed by atoms with Crippen molar-refractivity contribution in [3.8, 4) is 0 Å². The summed E-state index contributed by atoms with van der Waals surface area (Å²) in [5, 5.41) is 9.85. The van der Waals surface area contributed by atoms with E-state index in [2.05, 4.69) is 6.92 Å². The maximum atomic E-state index is 11.3. The standard InChI is InChI=1S/C14H20O3/c1-3-9-17-14(16)10-13(15)12-7-5-11(4-2)6-8-12/h5-8,13,15H,3-4,9-10H2,1-2H3. The highest BCUT2D eigenvalue weighted by atomic mass is 16.5. The average molecular weight is 236 g/mol. The Morgan fingerprint density at radius 2 is 1.94 bits per heavy atom. The van der Waals surface area contributed by atoms with Gasteiger partial charge in [-0.15, -0.1) is 0 Å². The van der Waals surface area contributed by atoms with Crippen molar-refractivity contribution in [3.05, 3.63) is 35.4 Å². The van der Waals surface area contributed by atoms with Gasteiger partial charge in [-0.3, -0.25) is 4.79 Å². The van der Waals surface area contributed by atoms with Gasteiger partial charge in [0.05, 0.1) is 19.1 Å². The van der Waals surface area contributed by atoms with Crippen molar-refractivity contribution in [3.63, 3.8) is 0 Å². The molecule has 0 radical (unpaired) electrons. The summed E-state index contributed by atoms with van der Waals surface area (Å²) in [4.78, 5) is 11.3. The highest BCUT2D eigenvalue weighted by Gasteiger charge is 2.13. The van der Waals surface area contributed by atoms with Gasteiger partial charge in [0.15, 0.2) is 0 Å². The fourth-order valence-electron chi connectivity index (χ4n) is 1.53. The molecule has 94 valence electrons. The molecule has 0 amide bonds. The first-order valence-corrected chi connectivity index (χ1v) is 6.09. The molecule has 1 aromatic carbocycles. The molecule has 0 bridgehead atoms. The molecule has 0 heterocycles. The number of carbonyl (C=O) groups is 1. The number of hydrogen-bond acceptors (Lipinski definition) is 3. The van der Waals surface area contributed by atoms with Crippen molar-refractivity contribution in [2.24, 2.45) is 0 Å². The van der Waals surface area contributed by atoms with Crippen LogP contribution in [0.15, 0.2) is 24.3 Å². The molecule has 0 saturated carbocycles. The van der Waals surface area contributed by atoms with Crippen molar-refractivity contribution in [1.29, 1.82) is 0 Å². The van der Waals surface area contributed by atoms with E-state index in [9.17, 15) is 9.90 Å². The average Bonchev–Trinajstić information content (AvgIpc) is 2.36. The predicted octanol–water partition coefficient (Wildman–Crippen LogP) is 2.63. The van der Waals surface area contributed by atoms with E-state index in [-0.39, 0.29) is 12.4 Å². The predicted molar refractivity (Wildman–Crippen MR) is 66.6 cm³/mol. The number of rotatable bonds is 6. The number of esters is 1. The topological polar surface area (TPSA) is 46.5 Å². The van der Waals surface area contributed by atoms with Gasteiger partial charge in [0, 0.05) is 0 Å². The minimum atomic E-state index is -0.773. The van der Waals surface area contributed by atoms with Gasteiger partial charge in [-0.1, -0.05) is 38.1 Å². The van der Waals surface area contributed by atoms with Crippen LogP contribution >= 0.6 is 0 Å². The Kier molecular flexibility index (Phi) is 5.70. The van der Waals surface area contributed by atoms with Crippen LogP contribution in [-0.4, -0.2) is 17.7 Å². The van der Waals surface area contributed by atoms with E-state index in [1.807, 2.05) is 31.2 Å². The molecule has 0 aliphatic carbocycles. The van der Waals surface area contributed by atoms with E-state index in [0.29, 0.717) is 6.61 Å². The second-order valence-corrected chi connectivity index (χ2v) is 4.04. The van der Waals surface area contributed by atoms with Crippen LogP contribution in [-0.2, 0) is 16.0 Å². The van der Waals surface area contributed by atoms with Crippen LogP contribution in [0.3, 0.4) is 0 Å². The summed E-state index contributed by atoms with van der Waals surface area (Å²) in [7, 11) is 0. The van der Waals surface area contributed by atoms with Gasteiger partial charge in [0.25, 0.3) is 0 Å². The monoisotopic (exact) mass is 236 g/mol. The molecule has 0 saturated heterocycles. The Morgan fingerprint density at radius 1 is 1.29 bits per heavy atom. The van der Waals surface area contributed by atoms with Crippen molar-refractivity contribution in [1.82, 2.24) is 0 Å². The fraction of sp³-hybridized carbons (Fsp3) is 0.500. The maximum Gasteiger partial charge on any atom is 0.308 e. The van der Waals surface area contributed by atoms with E-state index in [1.165, 1.54) is 5.56 Å². The molecule has 0 fully saturated rings. The zero-order valence-corrected chi connectivity index (χ0v) is 10.5. The van der Waals surface area contributed by atoms with Crippen molar-refractivity contribution >= 4 is 5.97 Å². The van der Waals surface area contributed by atoms with E-state index in [4.69, 9.17) is 4.74 Å². The molecule has 17 heavy (non-hydrogen) atoms. The van der Waals surface area contributed by atoms with E-state index < -0.39 is 6.10 Å². The number of carbonyl (C=O) groups excluding carboxylic acids is 1. The van der Waals surface area contributed by atoms with Crippen LogP contribution in [0.5, 0.6) is 0 Å². The summed E-state index contributed by atoms with van der Waals surface area (Å²) in [6, 6.07) is 7.65. The molecule has 0 aromatic heterocycles. The van der Waals surface area contributed by atoms with E-state index in [1.54, 1.807) is 0 Å². The summed E-state index contributed by atoms with van der Waals surface area (Å²) >= 11 is 0. The number of hydrogen-bond donors (Lipinski definition) is 1. The first-order valence-electron chi connectivity index (χ1n) is 6.09. The lowest BCUT2D eigenvalue weighted by molar-refractivity contribution is -0.146. The molecule has 1 unspecified atom stereocenters. The number of aliphatic hydroxyl groups is 1. The zero-order valence-electron chi connectivity index (χ0n) is 10.5. The van der Waals surface area contributed by atoms with Gasteiger partial charge >= 0.3 is 5.97 Å². The molecule has 1 atom stereocenters. The van der Waals surface area contributed by atoms with E-state index in [0.717, 1.165) is 18.4 Å². The summed E-state index contributed by atoms with van der Waals surface area (Å²) < 4.78 is 4.93. The van der Waals surface area contributed by atoms with Crippen molar-refractivity contribution < 1.29 is 14.6 Å². The van der Waals surface area contributed by atoms with Crippen LogP contribution in [0, 0.1) is 0 Å². The first kappa shape index (κ1) is 13.7. The Morgan fingerprint density at radius 3 is 2.47 bits per heavy atom. The maximum absolute atomic E-state index is 11.3. The first-order chi connectivity index (χ1) is 8.17. The van der Waals surface area contributed by atoms with Gasteiger partial charge in [0.2, 0.25) is 0 Å². The molecule has 3 heteroatoms. The minimum Gasteiger partial charge on any atom is -0.466 e. The third-order valence-corrected chi connectivity index (χ3v) is 2.60. The van der Waals surface area contributed by atoms with Gasteiger partial charge < -0.3 is 9.84 Å². The molecule has 1 aromatic rings. The van der Waals surface area contributed by atoms with Crippen LogP contribution in [0.2, 0.25) is 0 Å². The molecule has 1 rings (SSSR count). The second-order valence-electron chi connectivity index (χ2n) is 4.04. The van der Waals surface area contributed by atoms with Gasteiger partial charge in [-0.05, 0) is 24.0 Å². The minimum absolute atomic E-state index is 0.0193. The third kappa shape index (κ3) is 4.57. The Labute approximate surface area is 102 Å². The lowest BCUT2D eigenvalue weighted by Crippen LogP contribution is -2.10. The van der Waals surface area contributed by atoms with Crippen LogP contribution in [0.25, 0.3) is 0 Å². The highest BCUT2D eigenvalue weighted by Crippen LogP contribution is 2.18. The Hall–Kier alpha value is -1.35. The molecule has 0 spiro atoms. The lowest BCUT2D eigenvalue weighted by Gasteiger charge is -2.11. The SMILES string of the molecule is CCCOC(=O)CC(O)c1ccc(CC)cc1. The largest absolute Gasteiger partial charge is 0.466 e. The molecule has 0 aliphatic heterocycles. The van der Waals surface area contributed by atoms with Crippen LogP contribution in [0.1, 0.15) is 43.9 Å². The van der Waals surface area contributed by atoms with Gasteiger partial charge in [0.1, 0.15) is 0 Å². The summed E-state index contributed by atoms with van der Waals surface area (Å²) in [6.45, 7) is 4.43. The van der Waals surface area contributed by atoms with Crippen LogP contribution in [0.4, 0.5) is 0 Å². The van der Waals surface area contributed by atoms with Gasteiger partial charge in [-0.2, -0.15) is 0 Å². The number of aliphatic hydroxyl groups excluding tert-OH is 1. The Bertz CT molecular complexity index is 343. The molecule has 0 aliphatic rings. The number of ether oxygens (including phenoxy) is 1.